The minimum Gasteiger partial charge on any atom is -0.399 e. The summed E-state index contributed by atoms with van der Waals surface area (Å²) < 4.78 is 2.72. The van der Waals surface area contributed by atoms with Crippen molar-refractivity contribution in [1.29, 1.82) is 0 Å². The fourth-order valence-corrected chi connectivity index (χ4v) is 2.19. The highest BCUT2D eigenvalue weighted by Crippen LogP contribution is 2.21. The second-order valence-corrected chi connectivity index (χ2v) is 4.73. The van der Waals surface area contributed by atoms with Crippen LogP contribution in [-0.4, -0.2) is 19.7 Å². The monoisotopic (exact) mass is 337 g/mol. The molecular formula is C11H8IN5. The predicted octanol–water partition coefficient (Wildman–Crippen LogP) is 2.00. The molecule has 2 N–H and O–H groups in total. The Balaban J connectivity index is 2.31. The van der Waals surface area contributed by atoms with E-state index < -0.39 is 0 Å². The number of nitrogen functional groups attached to an aromatic ring is 1. The van der Waals surface area contributed by atoms with Gasteiger partial charge >= 0.3 is 0 Å². The molecule has 0 atom stereocenters. The lowest BCUT2D eigenvalue weighted by atomic mass is 10.2. The largest absolute Gasteiger partial charge is 0.399 e. The van der Waals surface area contributed by atoms with Crippen LogP contribution in [0.4, 0.5) is 5.69 Å². The van der Waals surface area contributed by atoms with E-state index in [0.717, 1.165) is 20.3 Å². The van der Waals surface area contributed by atoms with Crippen LogP contribution in [-0.2, 0) is 0 Å². The van der Waals surface area contributed by atoms with Gasteiger partial charge in [0, 0.05) is 17.3 Å². The molecule has 0 unspecified atom stereocenters. The minimum atomic E-state index is 0.711. The lowest BCUT2D eigenvalue weighted by Crippen LogP contribution is -2.02. The molecule has 0 saturated carbocycles. The maximum absolute atomic E-state index is 5.79. The fourth-order valence-electron chi connectivity index (χ4n) is 1.67. The number of fused-ring (bicyclic) bond motifs is 1. The summed E-state index contributed by atoms with van der Waals surface area (Å²) in [5.41, 5.74) is 7.45. The molecule has 0 aliphatic rings. The number of rotatable bonds is 1. The van der Waals surface area contributed by atoms with Crippen molar-refractivity contribution >= 4 is 39.2 Å². The van der Waals surface area contributed by atoms with Gasteiger partial charge in [-0.15, -0.1) is 0 Å². The van der Waals surface area contributed by atoms with Crippen LogP contribution in [0.15, 0.2) is 36.9 Å². The Morgan fingerprint density at radius 2 is 2.12 bits per heavy atom. The van der Waals surface area contributed by atoms with E-state index in [9.17, 15) is 0 Å². The summed E-state index contributed by atoms with van der Waals surface area (Å²) in [5.74, 6) is 0.765. The Labute approximate surface area is 111 Å². The maximum Gasteiger partial charge on any atom is 0.170 e. The summed E-state index contributed by atoms with van der Waals surface area (Å²) in [6.45, 7) is 0. The molecule has 0 spiro atoms. The SMILES string of the molecule is Nc1ccc2cnn(-c3ncncc3I)c2c1. The lowest BCUT2D eigenvalue weighted by Gasteiger charge is -2.04. The standard InChI is InChI=1S/C11H8IN5/c12-9-5-14-6-15-11(9)17-10-3-8(13)2-1-7(10)4-16-17/h1-6H,13H2. The normalized spacial score (nSPS) is 10.9. The van der Waals surface area contributed by atoms with Gasteiger partial charge < -0.3 is 5.73 Å². The first kappa shape index (κ1) is 10.5. The average Bonchev–Trinajstić information content (AvgIpc) is 2.72. The number of nitrogens with two attached hydrogens (primary N) is 1. The topological polar surface area (TPSA) is 69.6 Å². The summed E-state index contributed by atoms with van der Waals surface area (Å²) in [7, 11) is 0. The van der Waals surface area contributed by atoms with Crippen molar-refractivity contribution in [2.24, 2.45) is 0 Å². The molecule has 3 aromatic rings. The number of anilines is 1. The zero-order chi connectivity index (χ0) is 11.8. The van der Waals surface area contributed by atoms with Gasteiger partial charge in [-0.2, -0.15) is 5.10 Å². The van der Waals surface area contributed by atoms with E-state index in [1.54, 1.807) is 17.1 Å². The zero-order valence-corrected chi connectivity index (χ0v) is 10.9. The molecule has 0 saturated heterocycles. The molecule has 0 radical (unpaired) electrons. The van der Waals surface area contributed by atoms with Crippen LogP contribution in [0.5, 0.6) is 0 Å². The van der Waals surface area contributed by atoms with Crippen LogP contribution in [0.25, 0.3) is 16.7 Å². The first-order chi connectivity index (χ1) is 8.25. The van der Waals surface area contributed by atoms with E-state index in [0.29, 0.717) is 5.69 Å². The van der Waals surface area contributed by atoms with Gasteiger partial charge in [0.2, 0.25) is 0 Å². The third-order valence-electron chi connectivity index (χ3n) is 2.44. The summed E-state index contributed by atoms with van der Waals surface area (Å²) in [6.07, 6.45) is 5.06. The average molecular weight is 337 g/mol. The van der Waals surface area contributed by atoms with Gasteiger partial charge in [-0.1, -0.05) is 0 Å². The van der Waals surface area contributed by atoms with E-state index in [1.807, 2.05) is 18.2 Å². The lowest BCUT2D eigenvalue weighted by molar-refractivity contribution is 0.858. The number of benzene rings is 1. The molecule has 0 fully saturated rings. The summed E-state index contributed by atoms with van der Waals surface area (Å²) in [4.78, 5) is 8.21. The predicted molar refractivity (Wildman–Crippen MR) is 73.8 cm³/mol. The highest BCUT2D eigenvalue weighted by molar-refractivity contribution is 14.1. The second-order valence-electron chi connectivity index (χ2n) is 3.57. The number of hydrogen-bond acceptors (Lipinski definition) is 4. The van der Waals surface area contributed by atoms with Gasteiger partial charge in [0.05, 0.1) is 15.3 Å². The van der Waals surface area contributed by atoms with E-state index in [1.165, 1.54) is 6.33 Å². The van der Waals surface area contributed by atoms with Gasteiger partial charge in [0.25, 0.3) is 0 Å². The first-order valence-corrected chi connectivity index (χ1v) is 6.03. The van der Waals surface area contributed by atoms with Crippen LogP contribution in [0.3, 0.4) is 0 Å². The van der Waals surface area contributed by atoms with Crippen molar-refractivity contribution < 1.29 is 0 Å². The fraction of sp³-hybridized carbons (Fsp3) is 0. The Hall–Kier alpha value is -1.70. The van der Waals surface area contributed by atoms with E-state index in [4.69, 9.17) is 5.73 Å². The van der Waals surface area contributed by atoms with Crippen LogP contribution >= 0.6 is 22.6 Å². The van der Waals surface area contributed by atoms with Crippen molar-refractivity contribution in [3.63, 3.8) is 0 Å². The van der Waals surface area contributed by atoms with Crippen LogP contribution in [0, 0.1) is 3.57 Å². The molecule has 2 aromatic heterocycles. The molecule has 2 heterocycles. The quantitative estimate of drug-likeness (QED) is 0.545. The van der Waals surface area contributed by atoms with Gasteiger partial charge in [0.15, 0.2) is 5.82 Å². The molecule has 0 aliphatic heterocycles. The number of nitrogens with zero attached hydrogens (tertiary/aromatic N) is 4. The van der Waals surface area contributed by atoms with Crippen molar-refractivity contribution in [2.75, 3.05) is 5.73 Å². The Morgan fingerprint density at radius 3 is 2.94 bits per heavy atom. The molecule has 1 aromatic carbocycles. The highest BCUT2D eigenvalue weighted by Gasteiger charge is 2.09. The molecule has 17 heavy (non-hydrogen) atoms. The Kier molecular flexibility index (Phi) is 2.43. The van der Waals surface area contributed by atoms with Gasteiger partial charge in [-0.05, 0) is 40.8 Å². The summed E-state index contributed by atoms with van der Waals surface area (Å²) in [6, 6.07) is 5.70. The molecular weight excluding hydrogens is 329 g/mol. The van der Waals surface area contributed by atoms with Crippen molar-refractivity contribution in [2.45, 2.75) is 0 Å². The van der Waals surface area contributed by atoms with Gasteiger partial charge in [-0.25, -0.2) is 14.6 Å². The number of aromatic nitrogens is 4. The molecule has 6 heteroatoms. The van der Waals surface area contributed by atoms with Crippen LogP contribution in [0.2, 0.25) is 0 Å². The molecule has 0 aliphatic carbocycles. The third kappa shape index (κ3) is 1.74. The smallest absolute Gasteiger partial charge is 0.170 e. The van der Waals surface area contributed by atoms with Crippen molar-refractivity contribution in [3.05, 3.63) is 40.5 Å². The van der Waals surface area contributed by atoms with Crippen LogP contribution < -0.4 is 5.73 Å². The first-order valence-electron chi connectivity index (χ1n) is 4.95. The van der Waals surface area contributed by atoms with E-state index in [-0.39, 0.29) is 0 Å². The van der Waals surface area contributed by atoms with Gasteiger partial charge in [0.1, 0.15) is 6.33 Å². The molecule has 84 valence electrons. The molecule has 3 rings (SSSR count). The minimum absolute atomic E-state index is 0.711. The summed E-state index contributed by atoms with van der Waals surface area (Å²) in [5, 5.41) is 5.37. The van der Waals surface area contributed by atoms with Crippen molar-refractivity contribution in [3.8, 4) is 5.82 Å². The molecule has 0 amide bonds. The zero-order valence-electron chi connectivity index (χ0n) is 8.71. The third-order valence-corrected chi connectivity index (χ3v) is 3.20. The van der Waals surface area contributed by atoms with Crippen molar-refractivity contribution in [1.82, 2.24) is 19.7 Å². The van der Waals surface area contributed by atoms with E-state index in [2.05, 4.69) is 37.7 Å². The summed E-state index contributed by atoms with van der Waals surface area (Å²) >= 11 is 2.19. The van der Waals surface area contributed by atoms with Gasteiger partial charge in [-0.3, -0.25) is 0 Å². The number of hydrogen-bond donors (Lipinski definition) is 1. The van der Waals surface area contributed by atoms with Crippen LogP contribution in [0.1, 0.15) is 0 Å². The maximum atomic E-state index is 5.79. The Morgan fingerprint density at radius 1 is 1.24 bits per heavy atom. The molecule has 0 bridgehead atoms. The second kappa shape index (κ2) is 3.95. The molecule has 5 nitrogen and oxygen atoms in total. The highest BCUT2D eigenvalue weighted by atomic mass is 127. The van der Waals surface area contributed by atoms with E-state index >= 15 is 0 Å². The number of halogens is 1. The Bertz CT molecular complexity index is 691.